The van der Waals surface area contributed by atoms with E-state index in [9.17, 15) is 5.11 Å². The van der Waals surface area contributed by atoms with Crippen LogP contribution in [-0.4, -0.2) is 11.7 Å². The van der Waals surface area contributed by atoms with Crippen molar-refractivity contribution in [2.75, 3.05) is 6.54 Å². The van der Waals surface area contributed by atoms with Crippen LogP contribution in [0.3, 0.4) is 0 Å². The van der Waals surface area contributed by atoms with E-state index < -0.39 is 0 Å². The van der Waals surface area contributed by atoms with Gasteiger partial charge >= 0.3 is 0 Å². The first-order valence-corrected chi connectivity index (χ1v) is 4.71. The second-order valence-electron chi connectivity index (χ2n) is 3.15. The van der Waals surface area contributed by atoms with Crippen molar-refractivity contribution >= 4 is 11.6 Å². The molecule has 0 aromatic heterocycles. The van der Waals surface area contributed by atoms with Crippen LogP contribution in [-0.2, 0) is 6.42 Å². The Balaban J connectivity index is 2.92. The number of aromatic hydroxyl groups is 1. The number of nitrogens with two attached hydrogens (primary N) is 1. The predicted molar refractivity (Wildman–Crippen MR) is 55.2 cm³/mol. The lowest BCUT2D eigenvalue weighted by Gasteiger charge is -2.06. The molecule has 0 fully saturated rings. The molecule has 0 saturated heterocycles. The van der Waals surface area contributed by atoms with Gasteiger partial charge in [0, 0.05) is 0 Å². The van der Waals surface area contributed by atoms with Gasteiger partial charge in [-0.25, -0.2) is 0 Å². The van der Waals surface area contributed by atoms with Crippen LogP contribution in [0.5, 0.6) is 5.75 Å². The van der Waals surface area contributed by atoms with Crippen molar-refractivity contribution in [3.8, 4) is 5.75 Å². The minimum atomic E-state index is 0.195. The third-order valence-electron chi connectivity index (χ3n) is 1.94. The Bertz CT molecular complexity index is 299. The Morgan fingerprint density at radius 3 is 2.77 bits per heavy atom. The largest absolute Gasteiger partial charge is 0.506 e. The van der Waals surface area contributed by atoms with Crippen molar-refractivity contribution in [1.82, 2.24) is 0 Å². The van der Waals surface area contributed by atoms with Gasteiger partial charge in [-0.2, -0.15) is 0 Å². The van der Waals surface area contributed by atoms with E-state index in [1.54, 1.807) is 6.07 Å². The van der Waals surface area contributed by atoms with Crippen molar-refractivity contribution in [2.24, 2.45) is 5.73 Å². The van der Waals surface area contributed by atoms with Crippen LogP contribution in [0.15, 0.2) is 12.1 Å². The molecular weight excluding hydrogens is 186 g/mol. The molecule has 0 saturated carbocycles. The summed E-state index contributed by atoms with van der Waals surface area (Å²) in [6, 6.07) is 3.69. The molecule has 0 aliphatic carbocycles. The fourth-order valence-electron chi connectivity index (χ4n) is 1.29. The average molecular weight is 200 g/mol. The smallest absolute Gasteiger partial charge is 0.137 e. The third kappa shape index (κ3) is 2.61. The first-order chi connectivity index (χ1) is 6.15. The molecule has 0 aliphatic heterocycles. The van der Waals surface area contributed by atoms with Crippen LogP contribution < -0.4 is 5.73 Å². The molecule has 0 heterocycles. The molecule has 3 N–H and O–H groups in total. The molecular formula is C10H14ClNO. The van der Waals surface area contributed by atoms with Gasteiger partial charge in [0.05, 0.1) is 5.02 Å². The van der Waals surface area contributed by atoms with Gasteiger partial charge in [0.2, 0.25) is 0 Å². The highest BCUT2D eigenvalue weighted by Crippen LogP contribution is 2.29. The SMILES string of the molecule is Cc1cc(Cl)c(O)c(CCCN)c1. The number of aryl methyl sites for hydroxylation is 2. The molecule has 0 spiro atoms. The Morgan fingerprint density at radius 2 is 2.15 bits per heavy atom. The summed E-state index contributed by atoms with van der Waals surface area (Å²) in [7, 11) is 0. The van der Waals surface area contributed by atoms with Gasteiger partial charge in [0.1, 0.15) is 5.75 Å². The van der Waals surface area contributed by atoms with Crippen LogP contribution >= 0.6 is 11.6 Å². The van der Waals surface area contributed by atoms with Crippen molar-refractivity contribution in [1.29, 1.82) is 0 Å². The van der Waals surface area contributed by atoms with Gasteiger partial charge in [-0.05, 0) is 43.5 Å². The average Bonchev–Trinajstić information content (AvgIpc) is 2.09. The summed E-state index contributed by atoms with van der Waals surface area (Å²) in [6.45, 7) is 2.59. The summed E-state index contributed by atoms with van der Waals surface area (Å²) in [4.78, 5) is 0. The van der Waals surface area contributed by atoms with E-state index in [4.69, 9.17) is 17.3 Å². The normalized spacial score (nSPS) is 10.4. The molecule has 0 radical (unpaired) electrons. The van der Waals surface area contributed by atoms with Crippen molar-refractivity contribution in [3.05, 3.63) is 28.3 Å². The second kappa shape index (κ2) is 4.49. The van der Waals surface area contributed by atoms with E-state index in [0.29, 0.717) is 11.6 Å². The Labute approximate surface area is 83.3 Å². The molecule has 0 bridgehead atoms. The Kier molecular flexibility index (Phi) is 3.58. The summed E-state index contributed by atoms with van der Waals surface area (Å²) in [5.74, 6) is 0.195. The minimum Gasteiger partial charge on any atom is -0.506 e. The van der Waals surface area contributed by atoms with Crippen LogP contribution in [0.1, 0.15) is 17.5 Å². The zero-order valence-corrected chi connectivity index (χ0v) is 8.43. The standard InChI is InChI=1S/C10H14ClNO/c1-7-5-8(3-2-4-12)10(13)9(11)6-7/h5-6,13H,2-4,12H2,1H3. The van der Waals surface area contributed by atoms with Gasteiger partial charge in [-0.15, -0.1) is 0 Å². The van der Waals surface area contributed by atoms with E-state index >= 15 is 0 Å². The number of halogens is 1. The fourth-order valence-corrected chi connectivity index (χ4v) is 1.58. The zero-order valence-electron chi connectivity index (χ0n) is 7.68. The molecule has 2 nitrogen and oxygen atoms in total. The molecule has 0 atom stereocenters. The van der Waals surface area contributed by atoms with Crippen molar-refractivity contribution in [2.45, 2.75) is 19.8 Å². The molecule has 72 valence electrons. The summed E-state index contributed by atoms with van der Waals surface area (Å²) in [5.41, 5.74) is 7.34. The van der Waals surface area contributed by atoms with Crippen molar-refractivity contribution in [3.63, 3.8) is 0 Å². The van der Waals surface area contributed by atoms with Crippen LogP contribution in [0.2, 0.25) is 5.02 Å². The maximum absolute atomic E-state index is 9.58. The lowest BCUT2D eigenvalue weighted by Crippen LogP contribution is -2.00. The van der Waals surface area contributed by atoms with Crippen LogP contribution in [0, 0.1) is 6.92 Å². The first-order valence-electron chi connectivity index (χ1n) is 4.33. The summed E-state index contributed by atoms with van der Waals surface area (Å²) in [6.07, 6.45) is 1.65. The minimum absolute atomic E-state index is 0.195. The Morgan fingerprint density at radius 1 is 1.46 bits per heavy atom. The molecule has 1 rings (SSSR count). The van der Waals surface area contributed by atoms with Gasteiger partial charge in [0.15, 0.2) is 0 Å². The second-order valence-corrected chi connectivity index (χ2v) is 3.55. The van der Waals surface area contributed by atoms with E-state index in [1.165, 1.54) is 0 Å². The number of hydrogen-bond donors (Lipinski definition) is 2. The molecule has 0 unspecified atom stereocenters. The van der Waals surface area contributed by atoms with Crippen LogP contribution in [0.4, 0.5) is 0 Å². The van der Waals surface area contributed by atoms with Crippen molar-refractivity contribution < 1.29 is 5.11 Å². The topological polar surface area (TPSA) is 46.2 Å². The van der Waals surface area contributed by atoms with Gasteiger partial charge in [0.25, 0.3) is 0 Å². The molecule has 3 heteroatoms. The highest BCUT2D eigenvalue weighted by atomic mass is 35.5. The fraction of sp³-hybridized carbons (Fsp3) is 0.400. The number of hydrogen-bond acceptors (Lipinski definition) is 2. The molecule has 1 aromatic carbocycles. The molecule has 13 heavy (non-hydrogen) atoms. The predicted octanol–water partition coefficient (Wildman–Crippen LogP) is 2.25. The number of rotatable bonds is 3. The van der Waals surface area contributed by atoms with E-state index in [-0.39, 0.29) is 5.75 Å². The lowest BCUT2D eigenvalue weighted by molar-refractivity contribution is 0.467. The van der Waals surface area contributed by atoms with Gasteiger partial charge < -0.3 is 10.8 Å². The molecule has 1 aromatic rings. The quantitative estimate of drug-likeness (QED) is 0.785. The number of benzene rings is 1. The van der Waals surface area contributed by atoms with Gasteiger partial charge in [-0.3, -0.25) is 0 Å². The first kappa shape index (κ1) is 10.4. The van der Waals surface area contributed by atoms with E-state index in [0.717, 1.165) is 24.0 Å². The maximum atomic E-state index is 9.58. The highest BCUT2D eigenvalue weighted by Gasteiger charge is 2.05. The summed E-state index contributed by atoms with van der Waals surface area (Å²) < 4.78 is 0. The zero-order chi connectivity index (χ0) is 9.84. The highest BCUT2D eigenvalue weighted by molar-refractivity contribution is 6.32. The lowest BCUT2D eigenvalue weighted by atomic mass is 10.1. The maximum Gasteiger partial charge on any atom is 0.137 e. The molecule has 0 amide bonds. The monoisotopic (exact) mass is 199 g/mol. The molecule has 0 aliphatic rings. The van der Waals surface area contributed by atoms with Crippen LogP contribution in [0.25, 0.3) is 0 Å². The number of phenolic OH excluding ortho intramolecular Hbond substituents is 1. The number of phenols is 1. The summed E-state index contributed by atoms with van der Waals surface area (Å²) in [5, 5.41) is 10.00. The van der Waals surface area contributed by atoms with E-state index in [1.807, 2.05) is 13.0 Å². The summed E-state index contributed by atoms with van der Waals surface area (Å²) >= 11 is 5.82. The van der Waals surface area contributed by atoms with E-state index in [2.05, 4.69) is 0 Å². The van der Waals surface area contributed by atoms with Gasteiger partial charge in [-0.1, -0.05) is 17.7 Å². The third-order valence-corrected chi connectivity index (χ3v) is 2.23. The Hall–Kier alpha value is -0.730.